The lowest BCUT2D eigenvalue weighted by molar-refractivity contribution is -0.122. The van der Waals surface area contributed by atoms with Gasteiger partial charge in [0.1, 0.15) is 0 Å². The summed E-state index contributed by atoms with van der Waals surface area (Å²) in [5.41, 5.74) is 4.16. The highest BCUT2D eigenvalue weighted by molar-refractivity contribution is 5.82. The molecule has 2 aromatic rings. The van der Waals surface area contributed by atoms with E-state index in [9.17, 15) is 9.59 Å². The van der Waals surface area contributed by atoms with Gasteiger partial charge < -0.3 is 4.57 Å². The monoisotopic (exact) mass is 271 g/mol. The second-order valence-electron chi connectivity index (χ2n) is 4.68. The van der Waals surface area contributed by atoms with Crippen LogP contribution < -0.4 is 16.7 Å². The van der Waals surface area contributed by atoms with Crippen molar-refractivity contribution in [1.82, 2.24) is 9.99 Å². The Hall–Kier alpha value is -2.40. The quantitative estimate of drug-likeness (QED) is 0.494. The normalized spacial score (nSPS) is 11.9. The number of aromatic nitrogens is 1. The molecular weight excluding hydrogens is 254 g/mol. The molecule has 0 fully saturated rings. The van der Waals surface area contributed by atoms with Gasteiger partial charge in [-0.1, -0.05) is 24.3 Å². The minimum absolute atomic E-state index is 0.00165. The van der Waals surface area contributed by atoms with Crippen molar-refractivity contribution < 1.29 is 4.79 Å². The Bertz CT molecular complexity index is 626. The van der Waals surface area contributed by atoms with Crippen LogP contribution in [0.2, 0.25) is 0 Å². The number of carbonyl (C=O) groups is 1. The van der Waals surface area contributed by atoms with E-state index < -0.39 is 0 Å². The van der Waals surface area contributed by atoms with E-state index in [0.717, 1.165) is 11.1 Å². The summed E-state index contributed by atoms with van der Waals surface area (Å²) in [6.45, 7) is 2.48. The average molecular weight is 271 g/mol. The van der Waals surface area contributed by atoms with E-state index in [1.807, 2.05) is 28.8 Å². The van der Waals surface area contributed by atoms with E-state index in [1.165, 1.54) is 12.1 Å². The molecule has 5 heteroatoms. The lowest BCUT2D eigenvalue weighted by Crippen LogP contribution is -2.33. The van der Waals surface area contributed by atoms with Gasteiger partial charge in [-0.15, -0.1) is 0 Å². The van der Waals surface area contributed by atoms with Crippen molar-refractivity contribution >= 4 is 5.91 Å². The zero-order valence-electron chi connectivity index (χ0n) is 11.2. The van der Waals surface area contributed by atoms with Gasteiger partial charge in [-0.25, -0.2) is 5.84 Å². The van der Waals surface area contributed by atoms with Crippen molar-refractivity contribution in [3.8, 4) is 0 Å². The Labute approximate surface area is 117 Å². The van der Waals surface area contributed by atoms with Crippen molar-refractivity contribution in [2.24, 2.45) is 5.84 Å². The first-order chi connectivity index (χ1) is 9.60. The highest BCUT2D eigenvalue weighted by Gasteiger charge is 2.13. The molecule has 1 aromatic heterocycles. The number of nitrogens with two attached hydrogens (primary N) is 1. The molecule has 1 aromatic carbocycles. The van der Waals surface area contributed by atoms with Gasteiger partial charge in [-0.2, -0.15) is 0 Å². The lowest BCUT2D eigenvalue weighted by atomic mass is 9.99. The topological polar surface area (TPSA) is 77.1 Å². The van der Waals surface area contributed by atoms with E-state index in [1.54, 1.807) is 19.3 Å². The molecule has 0 radical (unpaired) electrons. The Morgan fingerprint density at radius 2 is 1.80 bits per heavy atom. The van der Waals surface area contributed by atoms with Gasteiger partial charge in [0, 0.05) is 31.1 Å². The number of nitrogens with zero attached hydrogens (tertiary/aromatic N) is 1. The van der Waals surface area contributed by atoms with Crippen LogP contribution in [0.5, 0.6) is 0 Å². The maximum Gasteiger partial charge on any atom is 0.241 e. The average Bonchev–Trinajstić information content (AvgIpc) is 2.49. The van der Waals surface area contributed by atoms with Crippen LogP contribution in [0.1, 0.15) is 24.0 Å². The van der Waals surface area contributed by atoms with Crippen molar-refractivity contribution in [2.75, 3.05) is 0 Å². The van der Waals surface area contributed by atoms with Crippen LogP contribution in [0.25, 0.3) is 0 Å². The molecule has 0 saturated carbocycles. The summed E-state index contributed by atoms with van der Waals surface area (Å²) >= 11 is 0. The summed E-state index contributed by atoms with van der Waals surface area (Å²) in [5.74, 6) is 4.64. The van der Waals surface area contributed by atoms with Crippen molar-refractivity contribution in [3.63, 3.8) is 0 Å². The van der Waals surface area contributed by atoms with Gasteiger partial charge in [-0.3, -0.25) is 15.0 Å². The molecule has 0 aliphatic rings. The van der Waals surface area contributed by atoms with E-state index in [0.29, 0.717) is 6.54 Å². The summed E-state index contributed by atoms with van der Waals surface area (Å²) in [4.78, 5) is 22.5. The highest BCUT2D eigenvalue weighted by atomic mass is 16.2. The Morgan fingerprint density at radius 1 is 1.20 bits per heavy atom. The zero-order valence-corrected chi connectivity index (χ0v) is 11.2. The molecule has 104 valence electrons. The number of hydrogen-bond acceptors (Lipinski definition) is 3. The van der Waals surface area contributed by atoms with Crippen LogP contribution >= 0.6 is 0 Å². The molecular formula is C15H17N3O2. The number of hydrogen-bond donors (Lipinski definition) is 2. The summed E-state index contributed by atoms with van der Waals surface area (Å²) in [7, 11) is 0. The Morgan fingerprint density at radius 3 is 2.35 bits per heavy atom. The van der Waals surface area contributed by atoms with Crippen LogP contribution in [0.15, 0.2) is 53.6 Å². The number of nitrogens with one attached hydrogen (secondary N) is 1. The molecule has 1 atom stereocenters. The molecule has 5 nitrogen and oxygen atoms in total. The number of hydrazine groups is 1. The third-order valence-electron chi connectivity index (χ3n) is 3.24. The third kappa shape index (κ3) is 3.33. The minimum atomic E-state index is -0.276. The number of rotatable bonds is 4. The second-order valence-corrected chi connectivity index (χ2v) is 4.68. The van der Waals surface area contributed by atoms with E-state index in [-0.39, 0.29) is 17.3 Å². The minimum Gasteiger partial charge on any atom is -0.350 e. The van der Waals surface area contributed by atoms with Crippen LogP contribution in [0.3, 0.4) is 0 Å². The summed E-state index contributed by atoms with van der Waals surface area (Å²) in [6, 6.07) is 10.8. The zero-order chi connectivity index (χ0) is 14.5. The van der Waals surface area contributed by atoms with Crippen molar-refractivity contribution in [3.05, 3.63) is 70.1 Å². The fraction of sp³-hybridized carbons (Fsp3) is 0.200. The predicted molar refractivity (Wildman–Crippen MR) is 77.0 cm³/mol. The first-order valence-electron chi connectivity index (χ1n) is 6.35. The first-order valence-corrected chi connectivity index (χ1v) is 6.35. The molecule has 0 saturated heterocycles. The fourth-order valence-electron chi connectivity index (χ4n) is 1.95. The molecule has 20 heavy (non-hydrogen) atoms. The third-order valence-corrected chi connectivity index (χ3v) is 3.24. The summed E-state index contributed by atoms with van der Waals surface area (Å²) < 4.78 is 1.92. The summed E-state index contributed by atoms with van der Waals surface area (Å²) in [6.07, 6.45) is 3.50. The molecule has 1 unspecified atom stereocenters. The van der Waals surface area contributed by atoms with Crippen LogP contribution in [-0.2, 0) is 11.3 Å². The second kappa shape index (κ2) is 6.16. The number of carbonyl (C=O) groups excluding carboxylic acids is 1. The molecule has 1 amide bonds. The molecule has 3 N–H and O–H groups in total. The van der Waals surface area contributed by atoms with Gasteiger partial charge >= 0.3 is 0 Å². The van der Waals surface area contributed by atoms with Gasteiger partial charge in [-0.05, 0) is 18.1 Å². The van der Waals surface area contributed by atoms with E-state index >= 15 is 0 Å². The molecule has 0 aliphatic carbocycles. The molecule has 0 aliphatic heterocycles. The lowest BCUT2D eigenvalue weighted by Gasteiger charge is -2.11. The van der Waals surface area contributed by atoms with Crippen LogP contribution in [0.4, 0.5) is 0 Å². The Kier molecular flexibility index (Phi) is 4.32. The van der Waals surface area contributed by atoms with Gasteiger partial charge in [0.15, 0.2) is 5.43 Å². The number of amides is 1. The van der Waals surface area contributed by atoms with Crippen LogP contribution in [0, 0.1) is 0 Å². The Balaban J connectivity index is 2.10. The smallest absolute Gasteiger partial charge is 0.241 e. The number of benzene rings is 1. The largest absolute Gasteiger partial charge is 0.350 e. The SMILES string of the molecule is CC(C(=O)NN)c1ccc(Cn2ccc(=O)cc2)cc1. The number of pyridine rings is 1. The van der Waals surface area contributed by atoms with E-state index in [2.05, 4.69) is 5.43 Å². The molecule has 0 spiro atoms. The van der Waals surface area contributed by atoms with Gasteiger partial charge in [0.25, 0.3) is 0 Å². The first kappa shape index (κ1) is 14.0. The van der Waals surface area contributed by atoms with E-state index in [4.69, 9.17) is 5.84 Å². The summed E-state index contributed by atoms with van der Waals surface area (Å²) in [5, 5.41) is 0. The van der Waals surface area contributed by atoms with Crippen LogP contribution in [-0.4, -0.2) is 10.5 Å². The highest BCUT2D eigenvalue weighted by Crippen LogP contribution is 2.16. The molecule has 2 rings (SSSR count). The predicted octanol–water partition coefficient (Wildman–Crippen LogP) is 0.990. The fourth-order valence-corrected chi connectivity index (χ4v) is 1.95. The molecule has 0 bridgehead atoms. The standard InChI is InChI=1S/C15H17N3O2/c1-11(15(20)17-16)13-4-2-12(3-5-13)10-18-8-6-14(19)7-9-18/h2-9,11H,10,16H2,1H3,(H,17,20). The maximum atomic E-state index is 11.5. The van der Waals surface area contributed by atoms with Crippen molar-refractivity contribution in [2.45, 2.75) is 19.4 Å². The molecule has 1 heterocycles. The maximum absolute atomic E-state index is 11.5. The van der Waals surface area contributed by atoms with Gasteiger partial charge in [0.05, 0.1) is 5.92 Å². The van der Waals surface area contributed by atoms with Gasteiger partial charge in [0.2, 0.25) is 5.91 Å². The van der Waals surface area contributed by atoms with Crippen molar-refractivity contribution in [1.29, 1.82) is 0 Å².